The third kappa shape index (κ3) is 3.35. The van der Waals surface area contributed by atoms with Crippen molar-refractivity contribution in [1.82, 2.24) is 4.90 Å². The number of carboxylic acids is 1. The first-order valence-corrected chi connectivity index (χ1v) is 5.20. The Morgan fingerprint density at radius 1 is 1.54 bits per heavy atom. The second kappa shape index (κ2) is 5.22. The van der Waals surface area contributed by atoms with E-state index in [2.05, 4.69) is 11.8 Å². The van der Waals surface area contributed by atoms with Gasteiger partial charge < -0.3 is 10.0 Å². The summed E-state index contributed by atoms with van der Waals surface area (Å²) in [6.45, 7) is 4.37. The molecule has 1 fully saturated rings. The third-order valence-corrected chi connectivity index (χ3v) is 2.85. The SMILES string of the molecule is CCN1CCCCC1CCC(=O)O. The van der Waals surface area contributed by atoms with Crippen LogP contribution >= 0.6 is 0 Å². The summed E-state index contributed by atoms with van der Waals surface area (Å²) in [5.74, 6) is -0.665. The highest BCUT2D eigenvalue weighted by Gasteiger charge is 2.20. The van der Waals surface area contributed by atoms with Crippen LogP contribution in [0.2, 0.25) is 0 Å². The van der Waals surface area contributed by atoms with E-state index in [0.717, 1.165) is 19.5 Å². The summed E-state index contributed by atoms with van der Waals surface area (Å²) in [7, 11) is 0. The first kappa shape index (κ1) is 10.5. The molecule has 0 radical (unpaired) electrons. The van der Waals surface area contributed by atoms with E-state index in [4.69, 9.17) is 5.11 Å². The molecule has 1 heterocycles. The number of hydrogen-bond donors (Lipinski definition) is 1. The predicted molar refractivity (Wildman–Crippen MR) is 51.8 cm³/mol. The van der Waals surface area contributed by atoms with Gasteiger partial charge >= 0.3 is 5.97 Å². The maximum Gasteiger partial charge on any atom is 0.303 e. The smallest absolute Gasteiger partial charge is 0.303 e. The Bertz CT molecular complexity index is 170. The van der Waals surface area contributed by atoms with Crippen molar-refractivity contribution in [2.75, 3.05) is 13.1 Å². The van der Waals surface area contributed by atoms with Crippen LogP contribution in [0.1, 0.15) is 39.0 Å². The van der Waals surface area contributed by atoms with Crippen molar-refractivity contribution in [3.63, 3.8) is 0 Å². The molecule has 1 aliphatic rings. The van der Waals surface area contributed by atoms with Crippen LogP contribution in [0.15, 0.2) is 0 Å². The normalized spacial score (nSPS) is 24.5. The summed E-state index contributed by atoms with van der Waals surface area (Å²) in [4.78, 5) is 12.8. The Balaban J connectivity index is 2.31. The van der Waals surface area contributed by atoms with Crippen LogP contribution in [0.4, 0.5) is 0 Å². The minimum atomic E-state index is -0.665. The van der Waals surface area contributed by atoms with Crippen molar-refractivity contribution in [3.05, 3.63) is 0 Å². The molecule has 3 heteroatoms. The molecule has 0 aromatic rings. The van der Waals surface area contributed by atoms with Gasteiger partial charge in [0.2, 0.25) is 0 Å². The zero-order valence-corrected chi connectivity index (χ0v) is 8.33. The molecule has 1 aliphatic heterocycles. The van der Waals surface area contributed by atoms with Crippen LogP contribution in [0.5, 0.6) is 0 Å². The van der Waals surface area contributed by atoms with E-state index in [1.165, 1.54) is 19.3 Å². The molecule has 0 saturated carbocycles. The maximum absolute atomic E-state index is 10.4. The first-order valence-electron chi connectivity index (χ1n) is 5.20. The van der Waals surface area contributed by atoms with Gasteiger partial charge in [-0.2, -0.15) is 0 Å². The van der Waals surface area contributed by atoms with Crippen molar-refractivity contribution < 1.29 is 9.90 Å². The molecule has 0 aromatic carbocycles. The summed E-state index contributed by atoms with van der Waals surface area (Å²) in [5.41, 5.74) is 0. The van der Waals surface area contributed by atoms with Gasteiger partial charge in [0.15, 0.2) is 0 Å². The average molecular weight is 185 g/mol. The Morgan fingerprint density at radius 2 is 2.31 bits per heavy atom. The maximum atomic E-state index is 10.4. The topological polar surface area (TPSA) is 40.5 Å². The number of rotatable bonds is 4. The van der Waals surface area contributed by atoms with Crippen molar-refractivity contribution in [3.8, 4) is 0 Å². The van der Waals surface area contributed by atoms with E-state index >= 15 is 0 Å². The van der Waals surface area contributed by atoms with Crippen molar-refractivity contribution in [2.24, 2.45) is 0 Å². The summed E-state index contributed by atoms with van der Waals surface area (Å²) in [6.07, 6.45) is 4.86. The van der Waals surface area contributed by atoms with E-state index in [-0.39, 0.29) is 0 Å². The summed E-state index contributed by atoms with van der Waals surface area (Å²) < 4.78 is 0. The predicted octanol–water partition coefficient (Wildman–Crippen LogP) is 1.73. The summed E-state index contributed by atoms with van der Waals surface area (Å²) >= 11 is 0. The van der Waals surface area contributed by atoms with Crippen LogP contribution in [0, 0.1) is 0 Å². The van der Waals surface area contributed by atoms with Gasteiger partial charge in [0.05, 0.1) is 0 Å². The molecule has 0 aliphatic carbocycles. The highest BCUT2D eigenvalue weighted by Crippen LogP contribution is 2.20. The first-order chi connectivity index (χ1) is 6.24. The monoisotopic (exact) mass is 185 g/mol. The van der Waals surface area contributed by atoms with Crippen LogP contribution in [-0.4, -0.2) is 35.1 Å². The van der Waals surface area contributed by atoms with Crippen molar-refractivity contribution in [2.45, 2.75) is 45.1 Å². The molecule has 0 bridgehead atoms. The molecule has 76 valence electrons. The number of nitrogens with zero attached hydrogens (tertiary/aromatic N) is 1. The lowest BCUT2D eigenvalue weighted by Crippen LogP contribution is -2.39. The average Bonchev–Trinajstić information content (AvgIpc) is 2.15. The third-order valence-electron chi connectivity index (χ3n) is 2.85. The van der Waals surface area contributed by atoms with E-state index < -0.39 is 5.97 Å². The molecule has 1 saturated heterocycles. The van der Waals surface area contributed by atoms with Gasteiger partial charge in [-0.3, -0.25) is 4.79 Å². The van der Waals surface area contributed by atoms with Crippen LogP contribution in [-0.2, 0) is 4.79 Å². The Kier molecular flexibility index (Phi) is 4.22. The number of likely N-dealkylation sites (tertiary alicyclic amines) is 1. The fourth-order valence-corrected chi connectivity index (χ4v) is 2.09. The van der Waals surface area contributed by atoms with Crippen molar-refractivity contribution in [1.29, 1.82) is 0 Å². The van der Waals surface area contributed by atoms with Crippen LogP contribution in [0.3, 0.4) is 0 Å². The van der Waals surface area contributed by atoms with Gasteiger partial charge in [-0.25, -0.2) is 0 Å². The van der Waals surface area contributed by atoms with Gasteiger partial charge in [0.1, 0.15) is 0 Å². The number of carboxylic acid groups (broad SMARTS) is 1. The second-order valence-corrected chi connectivity index (χ2v) is 3.71. The minimum Gasteiger partial charge on any atom is -0.481 e. The Hall–Kier alpha value is -0.570. The molecule has 13 heavy (non-hydrogen) atoms. The highest BCUT2D eigenvalue weighted by atomic mass is 16.4. The molecular weight excluding hydrogens is 166 g/mol. The zero-order valence-electron chi connectivity index (χ0n) is 8.33. The quantitative estimate of drug-likeness (QED) is 0.725. The van der Waals surface area contributed by atoms with Crippen LogP contribution < -0.4 is 0 Å². The van der Waals surface area contributed by atoms with Gasteiger partial charge in [-0.1, -0.05) is 13.3 Å². The second-order valence-electron chi connectivity index (χ2n) is 3.71. The number of hydrogen-bond acceptors (Lipinski definition) is 2. The van der Waals surface area contributed by atoms with Gasteiger partial charge in [0.25, 0.3) is 0 Å². The van der Waals surface area contributed by atoms with E-state index in [9.17, 15) is 4.79 Å². The molecule has 1 rings (SSSR count). The molecule has 0 aromatic heterocycles. The van der Waals surface area contributed by atoms with Gasteiger partial charge in [-0.15, -0.1) is 0 Å². The molecule has 0 spiro atoms. The molecule has 0 amide bonds. The van der Waals surface area contributed by atoms with Gasteiger partial charge in [0, 0.05) is 12.5 Å². The number of aliphatic carboxylic acids is 1. The molecular formula is C10H19NO2. The standard InChI is InChI=1S/C10H19NO2/c1-2-11-8-4-3-5-9(11)6-7-10(12)13/h9H,2-8H2,1H3,(H,12,13). The fraction of sp³-hybridized carbons (Fsp3) is 0.900. The zero-order chi connectivity index (χ0) is 9.68. The molecule has 1 unspecified atom stereocenters. The van der Waals surface area contributed by atoms with Crippen LogP contribution in [0.25, 0.3) is 0 Å². The number of piperidine rings is 1. The van der Waals surface area contributed by atoms with Gasteiger partial charge in [-0.05, 0) is 32.4 Å². The van der Waals surface area contributed by atoms with E-state index in [1.807, 2.05) is 0 Å². The lowest BCUT2D eigenvalue weighted by Gasteiger charge is -2.34. The highest BCUT2D eigenvalue weighted by molar-refractivity contribution is 5.66. The van der Waals surface area contributed by atoms with E-state index in [0.29, 0.717) is 12.5 Å². The molecule has 3 nitrogen and oxygen atoms in total. The van der Waals surface area contributed by atoms with Crippen molar-refractivity contribution >= 4 is 5.97 Å². The lowest BCUT2D eigenvalue weighted by molar-refractivity contribution is -0.137. The minimum absolute atomic E-state index is 0.321. The fourth-order valence-electron chi connectivity index (χ4n) is 2.09. The largest absolute Gasteiger partial charge is 0.481 e. The lowest BCUT2D eigenvalue weighted by atomic mass is 9.98. The number of carbonyl (C=O) groups is 1. The Labute approximate surface area is 79.7 Å². The molecule has 1 atom stereocenters. The summed E-state index contributed by atoms with van der Waals surface area (Å²) in [6, 6.07) is 0.523. The molecule has 1 N–H and O–H groups in total. The van der Waals surface area contributed by atoms with E-state index in [1.54, 1.807) is 0 Å². The summed E-state index contributed by atoms with van der Waals surface area (Å²) in [5, 5.41) is 8.58. The Morgan fingerprint density at radius 3 is 2.92 bits per heavy atom.